The van der Waals surface area contributed by atoms with Gasteiger partial charge in [0.15, 0.2) is 0 Å². The highest BCUT2D eigenvalue weighted by molar-refractivity contribution is 5.79. The number of carbonyl (C=O) groups is 1. The van der Waals surface area contributed by atoms with E-state index in [4.69, 9.17) is 0 Å². The van der Waals surface area contributed by atoms with Crippen molar-refractivity contribution in [1.82, 2.24) is 4.98 Å². The van der Waals surface area contributed by atoms with E-state index in [1.807, 2.05) is 24.3 Å². The average Bonchev–Trinajstić information content (AvgIpc) is 2.38. The highest BCUT2D eigenvalue weighted by atomic mass is 16.5. The van der Waals surface area contributed by atoms with Gasteiger partial charge in [0.2, 0.25) is 0 Å². The van der Waals surface area contributed by atoms with Crippen LogP contribution in [0.25, 0.3) is 10.9 Å². The van der Waals surface area contributed by atoms with E-state index in [1.165, 1.54) is 7.11 Å². The molecule has 0 fully saturated rings. The molecule has 0 saturated heterocycles. The van der Waals surface area contributed by atoms with Gasteiger partial charge in [0.25, 0.3) is 0 Å². The van der Waals surface area contributed by atoms with Gasteiger partial charge >= 0.3 is 5.97 Å². The molecule has 1 aromatic carbocycles. The Labute approximate surface area is 98.9 Å². The Hall–Kier alpha value is -1.94. The lowest BCUT2D eigenvalue weighted by atomic mass is 10.0. The summed E-state index contributed by atoms with van der Waals surface area (Å²) in [5.74, 6) is -0.427. The molecule has 0 amide bonds. The van der Waals surface area contributed by atoms with E-state index in [-0.39, 0.29) is 6.42 Å². The van der Waals surface area contributed by atoms with Crippen molar-refractivity contribution in [2.24, 2.45) is 0 Å². The maximum Gasteiger partial charge on any atom is 0.308 e. The summed E-state index contributed by atoms with van der Waals surface area (Å²) >= 11 is 0. The minimum absolute atomic E-state index is 0.0394. The van der Waals surface area contributed by atoms with Crippen LogP contribution in [0.1, 0.15) is 18.1 Å². The Morgan fingerprint density at radius 3 is 3.06 bits per heavy atom. The Morgan fingerprint density at radius 1 is 1.47 bits per heavy atom. The number of hydrogen-bond donors (Lipinski definition) is 1. The molecule has 0 radical (unpaired) electrons. The minimum atomic E-state index is -0.841. The number of fused-ring (bicyclic) bond motifs is 1. The largest absolute Gasteiger partial charge is 0.469 e. The monoisotopic (exact) mass is 231 g/mol. The Bertz CT molecular complexity index is 539. The van der Waals surface area contributed by atoms with Crippen molar-refractivity contribution in [1.29, 1.82) is 0 Å². The van der Waals surface area contributed by atoms with Crippen molar-refractivity contribution in [3.63, 3.8) is 0 Å². The summed E-state index contributed by atoms with van der Waals surface area (Å²) in [6.07, 6.45) is 0.835. The first-order valence-electron chi connectivity index (χ1n) is 5.30. The van der Waals surface area contributed by atoms with Gasteiger partial charge in [-0.3, -0.25) is 9.78 Å². The van der Waals surface area contributed by atoms with Crippen LogP contribution in [0.4, 0.5) is 0 Å². The number of rotatable bonds is 3. The van der Waals surface area contributed by atoms with Crippen molar-refractivity contribution in [2.45, 2.75) is 12.5 Å². The third kappa shape index (κ3) is 2.60. The third-order valence-corrected chi connectivity index (χ3v) is 2.60. The highest BCUT2D eigenvalue weighted by Crippen LogP contribution is 2.21. The molecule has 1 heterocycles. The number of pyridine rings is 1. The number of ether oxygens (including phenoxy) is 1. The molecule has 0 unspecified atom stereocenters. The van der Waals surface area contributed by atoms with Crippen LogP contribution in [-0.2, 0) is 9.53 Å². The molecule has 1 atom stereocenters. The molecule has 0 bridgehead atoms. The molecule has 2 rings (SSSR count). The smallest absolute Gasteiger partial charge is 0.308 e. The molecular formula is C13H13NO3. The topological polar surface area (TPSA) is 59.4 Å². The average molecular weight is 231 g/mol. The summed E-state index contributed by atoms with van der Waals surface area (Å²) in [6.45, 7) is 0. The molecule has 88 valence electrons. The predicted octanol–water partition coefficient (Wildman–Crippen LogP) is 1.83. The van der Waals surface area contributed by atoms with Gasteiger partial charge in [-0.2, -0.15) is 0 Å². The molecule has 0 spiro atoms. The fourth-order valence-electron chi connectivity index (χ4n) is 1.66. The van der Waals surface area contributed by atoms with Crippen LogP contribution in [0.3, 0.4) is 0 Å². The van der Waals surface area contributed by atoms with E-state index in [0.29, 0.717) is 5.56 Å². The van der Waals surface area contributed by atoms with Crippen LogP contribution < -0.4 is 0 Å². The van der Waals surface area contributed by atoms with Crippen LogP contribution in [0.5, 0.6) is 0 Å². The number of esters is 1. The van der Waals surface area contributed by atoms with Crippen LogP contribution in [0.15, 0.2) is 36.5 Å². The molecule has 0 aliphatic rings. The van der Waals surface area contributed by atoms with Crippen LogP contribution >= 0.6 is 0 Å². The lowest BCUT2D eigenvalue weighted by Gasteiger charge is -2.10. The molecule has 0 saturated carbocycles. The van der Waals surface area contributed by atoms with Gasteiger partial charge in [0, 0.05) is 11.6 Å². The second kappa shape index (κ2) is 4.93. The van der Waals surface area contributed by atoms with Gasteiger partial charge in [-0.1, -0.05) is 12.1 Å². The van der Waals surface area contributed by atoms with E-state index in [2.05, 4.69) is 9.72 Å². The Balaban J connectivity index is 2.26. The second-order valence-corrected chi connectivity index (χ2v) is 3.75. The molecule has 4 heteroatoms. The van der Waals surface area contributed by atoms with Crippen molar-refractivity contribution >= 4 is 16.9 Å². The Kier molecular flexibility index (Phi) is 3.35. The lowest BCUT2D eigenvalue weighted by Crippen LogP contribution is -2.07. The number of methoxy groups -OCH3 is 1. The summed E-state index contributed by atoms with van der Waals surface area (Å²) in [4.78, 5) is 15.3. The van der Waals surface area contributed by atoms with Gasteiger partial charge in [-0.15, -0.1) is 0 Å². The predicted molar refractivity (Wildman–Crippen MR) is 63.3 cm³/mol. The molecule has 0 aliphatic heterocycles. The second-order valence-electron chi connectivity index (χ2n) is 3.75. The summed E-state index contributed by atoms with van der Waals surface area (Å²) in [5.41, 5.74) is 1.55. The number of aliphatic hydroxyl groups excluding tert-OH is 1. The third-order valence-electron chi connectivity index (χ3n) is 2.60. The van der Waals surface area contributed by atoms with Crippen molar-refractivity contribution in [3.05, 3.63) is 42.1 Å². The molecule has 17 heavy (non-hydrogen) atoms. The van der Waals surface area contributed by atoms with Gasteiger partial charge in [0.05, 0.1) is 25.2 Å². The van der Waals surface area contributed by atoms with E-state index in [0.717, 1.165) is 10.9 Å². The summed E-state index contributed by atoms with van der Waals surface area (Å²) in [6, 6.07) is 9.17. The van der Waals surface area contributed by atoms with E-state index < -0.39 is 12.1 Å². The van der Waals surface area contributed by atoms with Gasteiger partial charge < -0.3 is 9.84 Å². The zero-order valence-electron chi connectivity index (χ0n) is 9.46. The van der Waals surface area contributed by atoms with E-state index in [9.17, 15) is 9.90 Å². The van der Waals surface area contributed by atoms with Crippen molar-refractivity contribution in [3.8, 4) is 0 Å². The maximum absolute atomic E-state index is 11.1. The maximum atomic E-state index is 11.1. The van der Waals surface area contributed by atoms with E-state index in [1.54, 1.807) is 12.3 Å². The van der Waals surface area contributed by atoms with Crippen molar-refractivity contribution in [2.75, 3.05) is 7.11 Å². The molecule has 1 aromatic heterocycles. The first-order chi connectivity index (χ1) is 8.20. The van der Waals surface area contributed by atoms with E-state index >= 15 is 0 Å². The van der Waals surface area contributed by atoms with Gasteiger partial charge in [0.1, 0.15) is 0 Å². The quantitative estimate of drug-likeness (QED) is 0.819. The molecule has 4 nitrogen and oxygen atoms in total. The number of nitrogens with zero attached hydrogens (tertiary/aromatic N) is 1. The molecule has 0 aliphatic carbocycles. The first kappa shape index (κ1) is 11.5. The van der Waals surface area contributed by atoms with Gasteiger partial charge in [-0.25, -0.2) is 0 Å². The summed E-state index contributed by atoms with van der Waals surface area (Å²) in [7, 11) is 1.30. The van der Waals surface area contributed by atoms with Crippen LogP contribution in [-0.4, -0.2) is 23.2 Å². The number of aromatic nitrogens is 1. The fraction of sp³-hybridized carbons (Fsp3) is 0.231. The number of aliphatic hydroxyl groups is 1. The van der Waals surface area contributed by atoms with Crippen LogP contribution in [0, 0.1) is 0 Å². The summed E-state index contributed by atoms with van der Waals surface area (Å²) in [5, 5.41) is 10.8. The number of hydrogen-bond acceptors (Lipinski definition) is 4. The minimum Gasteiger partial charge on any atom is -0.469 e. The van der Waals surface area contributed by atoms with Crippen LogP contribution in [0.2, 0.25) is 0 Å². The molecular weight excluding hydrogens is 218 g/mol. The molecule has 2 aromatic rings. The lowest BCUT2D eigenvalue weighted by molar-refractivity contribution is -0.142. The standard InChI is InChI=1S/C13H13NO3/c1-17-13(16)8-12(15)10-4-5-11-9(7-10)3-2-6-14-11/h2-7,12,15H,8H2,1H3/t12-/m0/s1. The van der Waals surface area contributed by atoms with Crippen molar-refractivity contribution < 1.29 is 14.6 Å². The Morgan fingerprint density at radius 2 is 2.29 bits per heavy atom. The summed E-state index contributed by atoms with van der Waals surface area (Å²) < 4.78 is 4.52. The number of carbonyl (C=O) groups excluding carboxylic acids is 1. The normalized spacial score (nSPS) is 12.4. The fourth-order valence-corrected chi connectivity index (χ4v) is 1.66. The number of benzene rings is 1. The first-order valence-corrected chi connectivity index (χ1v) is 5.30. The zero-order chi connectivity index (χ0) is 12.3. The van der Waals surface area contributed by atoms with Gasteiger partial charge in [-0.05, 0) is 23.8 Å². The molecule has 1 N–H and O–H groups in total. The zero-order valence-corrected chi connectivity index (χ0v) is 9.46. The SMILES string of the molecule is COC(=O)C[C@H](O)c1ccc2ncccc2c1. The highest BCUT2D eigenvalue weighted by Gasteiger charge is 2.13.